The third-order valence-electron chi connectivity index (χ3n) is 5.67. The van der Waals surface area contributed by atoms with Gasteiger partial charge in [-0.15, -0.1) is 0 Å². The lowest BCUT2D eigenvalue weighted by molar-refractivity contribution is -0.0257. The number of hydrogen-bond donors (Lipinski definition) is 1. The summed E-state index contributed by atoms with van der Waals surface area (Å²) in [6.07, 6.45) is 0.0406. The summed E-state index contributed by atoms with van der Waals surface area (Å²) in [6.45, 7) is 19.3. The van der Waals surface area contributed by atoms with Crippen molar-refractivity contribution in [3.05, 3.63) is 24.0 Å². The van der Waals surface area contributed by atoms with Gasteiger partial charge in [0.05, 0.1) is 11.2 Å². The van der Waals surface area contributed by atoms with Crippen LogP contribution in [0.15, 0.2) is 18.2 Å². The Balaban J connectivity index is 2.11. The summed E-state index contributed by atoms with van der Waals surface area (Å²) < 4.78 is 38.3. The normalized spacial score (nSPS) is 19.6. The lowest BCUT2D eigenvalue weighted by Crippen LogP contribution is -2.47. The van der Waals surface area contributed by atoms with Crippen molar-refractivity contribution >= 4 is 18.7 Å². The fraction of sp³-hybridized carbons (Fsp3) is 0.708. The van der Waals surface area contributed by atoms with E-state index in [9.17, 15) is 9.18 Å². The molecule has 1 heterocycles. The van der Waals surface area contributed by atoms with Crippen molar-refractivity contribution in [2.75, 3.05) is 6.61 Å². The quantitative estimate of drug-likeness (QED) is 0.602. The Hall–Kier alpha value is -1.80. The number of alkyl carbamates (subject to hydrolysis) is 1. The second kappa shape index (κ2) is 9.22. The molecular formula is C24H39BFNO5. The van der Waals surface area contributed by atoms with Crippen molar-refractivity contribution < 1.29 is 28.0 Å². The molecule has 0 bridgehead atoms. The van der Waals surface area contributed by atoms with Crippen LogP contribution in [-0.2, 0) is 14.0 Å². The van der Waals surface area contributed by atoms with E-state index >= 15 is 0 Å². The molecule has 1 saturated heterocycles. The van der Waals surface area contributed by atoms with Gasteiger partial charge in [-0.1, -0.05) is 19.9 Å². The molecule has 8 heteroatoms. The van der Waals surface area contributed by atoms with Crippen LogP contribution < -0.4 is 15.5 Å². The summed E-state index contributed by atoms with van der Waals surface area (Å²) in [5.41, 5.74) is -1.77. The zero-order valence-corrected chi connectivity index (χ0v) is 21.2. The number of amides is 1. The molecule has 32 heavy (non-hydrogen) atoms. The van der Waals surface area contributed by atoms with Crippen LogP contribution in [0.25, 0.3) is 0 Å². The third-order valence-corrected chi connectivity index (χ3v) is 5.67. The summed E-state index contributed by atoms with van der Waals surface area (Å²) in [5.74, 6) is -0.190. The van der Waals surface area contributed by atoms with Crippen LogP contribution in [0.5, 0.6) is 5.75 Å². The highest BCUT2D eigenvalue weighted by atomic mass is 19.1. The van der Waals surface area contributed by atoms with E-state index in [4.69, 9.17) is 18.8 Å². The summed E-state index contributed by atoms with van der Waals surface area (Å²) in [5, 5.41) is 2.79. The average molecular weight is 451 g/mol. The number of hydrogen-bond acceptors (Lipinski definition) is 5. The molecule has 1 aliphatic heterocycles. The molecule has 0 aromatic heterocycles. The molecule has 1 fully saturated rings. The minimum Gasteiger partial charge on any atom is -0.486 e. The first kappa shape index (κ1) is 26.5. The van der Waals surface area contributed by atoms with Crippen LogP contribution in [0.2, 0.25) is 0 Å². The first-order valence-electron chi connectivity index (χ1n) is 11.2. The highest BCUT2D eigenvalue weighted by molar-refractivity contribution is 6.62. The molecule has 0 aliphatic carbocycles. The largest absolute Gasteiger partial charge is 0.494 e. The topological polar surface area (TPSA) is 66.0 Å². The first-order valence-corrected chi connectivity index (χ1v) is 11.2. The summed E-state index contributed by atoms with van der Waals surface area (Å²) >= 11 is 0. The van der Waals surface area contributed by atoms with Crippen molar-refractivity contribution in [3.63, 3.8) is 0 Å². The lowest BCUT2D eigenvalue weighted by atomic mass is 9.79. The van der Waals surface area contributed by atoms with Crippen molar-refractivity contribution in [1.82, 2.24) is 5.32 Å². The maximum Gasteiger partial charge on any atom is 0.494 e. The molecule has 1 aliphatic rings. The molecule has 0 spiro atoms. The van der Waals surface area contributed by atoms with Gasteiger partial charge in [-0.05, 0) is 85.3 Å². The number of halogens is 1. The minimum atomic E-state index is -0.916. The molecular weight excluding hydrogens is 412 g/mol. The third kappa shape index (κ3) is 6.85. The molecule has 1 aromatic rings. The summed E-state index contributed by atoms with van der Waals surface area (Å²) in [6, 6.07) is 4.65. The van der Waals surface area contributed by atoms with Gasteiger partial charge in [-0.2, -0.15) is 0 Å². The van der Waals surface area contributed by atoms with Crippen molar-refractivity contribution in [3.8, 4) is 5.75 Å². The van der Waals surface area contributed by atoms with E-state index in [2.05, 4.69) is 5.32 Å². The van der Waals surface area contributed by atoms with E-state index in [1.165, 1.54) is 6.07 Å². The van der Waals surface area contributed by atoms with Crippen molar-refractivity contribution in [1.29, 1.82) is 0 Å². The fourth-order valence-electron chi connectivity index (χ4n) is 3.54. The Labute approximate surface area is 192 Å². The molecule has 2 rings (SSSR count). The van der Waals surface area contributed by atoms with E-state index < -0.39 is 41.4 Å². The van der Waals surface area contributed by atoms with Gasteiger partial charge in [0.1, 0.15) is 12.2 Å². The highest BCUT2D eigenvalue weighted by Gasteiger charge is 2.51. The molecule has 1 aromatic carbocycles. The van der Waals surface area contributed by atoms with Gasteiger partial charge >= 0.3 is 13.2 Å². The number of benzene rings is 1. The second-order valence-corrected chi connectivity index (χ2v) is 11.4. The zero-order chi connectivity index (χ0) is 24.5. The van der Waals surface area contributed by atoms with E-state index in [-0.39, 0.29) is 18.3 Å². The van der Waals surface area contributed by atoms with Crippen LogP contribution in [0.1, 0.15) is 75.7 Å². The van der Waals surface area contributed by atoms with Gasteiger partial charge in [0, 0.05) is 5.54 Å². The molecule has 1 atom stereocenters. The number of nitrogens with one attached hydrogen (secondary N) is 1. The SMILES string of the molecule is CC(C)C[C@@](C)(COc1ccc(B2OC(C)(C)C(C)(C)O2)cc1F)OC(=O)NC(C)(C)C. The molecule has 0 saturated carbocycles. The smallest absolute Gasteiger partial charge is 0.486 e. The number of carbonyl (C=O) groups is 1. The number of ether oxygens (including phenoxy) is 2. The van der Waals surface area contributed by atoms with Gasteiger partial charge in [0.25, 0.3) is 0 Å². The monoisotopic (exact) mass is 451 g/mol. The van der Waals surface area contributed by atoms with Crippen LogP contribution in [0.4, 0.5) is 9.18 Å². The number of carbonyl (C=O) groups excluding carboxylic acids is 1. The van der Waals surface area contributed by atoms with Gasteiger partial charge in [-0.25, -0.2) is 9.18 Å². The minimum absolute atomic E-state index is 0.0233. The standard InChI is InChI=1S/C24H39BFNO5/c1-16(2)14-24(10,30-20(28)27-21(3,4)5)15-29-19-12-11-17(13-18(19)26)25-31-22(6,7)23(8,9)32-25/h11-13,16H,14-15H2,1-10H3,(H,27,28)/t24-/m0/s1. The van der Waals surface area contributed by atoms with E-state index in [1.807, 2.05) is 62.3 Å². The summed E-state index contributed by atoms with van der Waals surface area (Å²) in [4.78, 5) is 12.3. The maximum absolute atomic E-state index is 14.9. The average Bonchev–Trinajstić information content (AvgIpc) is 2.78. The molecule has 1 N–H and O–H groups in total. The molecule has 0 radical (unpaired) electrons. The Morgan fingerprint density at radius 3 is 2.16 bits per heavy atom. The Morgan fingerprint density at radius 1 is 1.12 bits per heavy atom. The molecule has 180 valence electrons. The van der Waals surface area contributed by atoms with Crippen LogP contribution in [0, 0.1) is 11.7 Å². The predicted octanol–water partition coefficient (Wildman–Crippen LogP) is 4.83. The fourth-order valence-corrected chi connectivity index (χ4v) is 3.54. The van der Waals surface area contributed by atoms with E-state index in [0.717, 1.165) is 0 Å². The van der Waals surface area contributed by atoms with Crippen LogP contribution in [0.3, 0.4) is 0 Å². The van der Waals surface area contributed by atoms with Crippen molar-refractivity contribution in [2.24, 2.45) is 5.92 Å². The van der Waals surface area contributed by atoms with Gasteiger partial charge in [-0.3, -0.25) is 0 Å². The summed E-state index contributed by atoms with van der Waals surface area (Å²) in [7, 11) is -0.654. The molecule has 0 unspecified atom stereocenters. The van der Waals surface area contributed by atoms with E-state index in [0.29, 0.717) is 11.9 Å². The second-order valence-electron chi connectivity index (χ2n) is 11.4. The Morgan fingerprint density at radius 2 is 1.69 bits per heavy atom. The predicted molar refractivity (Wildman–Crippen MR) is 125 cm³/mol. The van der Waals surface area contributed by atoms with Crippen LogP contribution >= 0.6 is 0 Å². The Kier molecular flexibility index (Phi) is 7.62. The van der Waals surface area contributed by atoms with Gasteiger partial charge < -0.3 is 24.1 Å². The van der Waals surface area contributed by atoms with Crippen LogP contribution in [-0.4, -0.2) is 42.2 Å². The Bertz CT molecular complexity index is 805. The zero-order valence-electron chi connectivity index (χ0n) is 21.2. The molecule has 1 amide bonds. The molecule has 6 nitrogen and oxygen atoms in total. The van der Waals surface area contributed by atoms with Crippen molar-refractivity contribution in [2.45, 2.75) is 98.0 Å². The van der Waals surface area contributed by atoms with Gasteiger partial charge in [0.15, 0.2) is 11.6 Å². The lowest BCUT2D eigenvalue weighted by Gasteiger charge is -2.32. The first-order chi connectivity index (χ1) is 14.4. The van der Waals surface area contributed by atoms with E-state index in [1.54, 1.807) is 19.1 Å². The maximum atomic E-state index is 14.9. The number of rotatable bonds is 7. The van der Waals surface area contributed by atoms with Gasteiger partial charge in [0.2, 0.25) is 0 Å². The highest BCUT2D eigenvalue weighted by Crippen LogP contribution is 2.36.